The van der Waals surface area contributed by atoms with Gasteiger partial charge in [-0.25, -0.2) is 5.84 Å². The summed E-state index contributed by atoms with van der Waals surface area (Å²) in [5.74, 6) is 6.67. The monoisotopic (exact) mass is 347 g/mol. The lowest BCUT2D eigenvalue weighted by atomic mass is 9.76. The first-order valence-electron chi connectivity index (χ1n) is 9.22. The third-order valence-corrected chi connectivity index (χ3v) is 5.83. The van der Waals surface area contributed by atoms with Crippen molar-refractivity contribution in [2.75, 3.05) is 20.1 Å². The molecule has 0 amide bonds. The molecular formula is C22H25N3O. The largest absolute Gasteiger partial charge is 0.306 e. The Morgan fingerprint density at radius 2 is 1.69 bits per heavy atom. The lowest BCUT2D eigenvalue weighted by molar-refractivity contribution is 0.0662. The second-order valence-corrected chi connectivity index (χ2v) is 7.49. The van der Waals surface area contributed by atoms with Crippen molar-refractivity contribution in [1.82, 2.24) is 9.91 Å². The first-order valence-corrected chi connectivity index (χ1v) is 9.22. The van der Waals surface area contributed by atoms with Crippen LogP contribution in [0.15, 0.2) is 60.7 Å². The van der Waals surface area contributed by atoms with Crippen LogP contribution in [-0.4, -0.2) is 41.4 Å². The lowest BCUT2D eigenvalue weighted by Crippen LogP contribution is -2.60. The van der Waals surface area contributed by atoms with Crippen molar-refractivity contribution in [3.8, 4) is 0 Å². The molecule has 4 nitrogen and oxygen atoms in total. The Labute approximate surface area is 154 Å². The predicted molar refractivity (Wildman–Crippen MR) is 104 cm³/mol. The van der Waals surface area contributed by atoms with E-state index in [0.29, 0.717) is 5.56 Å². The fourth-order valence-corrected chi connectivity index (χ4v) is 4.16. The Morgan fingerprint density at radius 3 is 2.42 bits per heavy atom. The molecule has 2 aromatic carbocycles. The van der Waals surface area contributed by atoms with Gasteiger partial charge in [-0.15, -0.1) is 0 Å². The molecule has 0 saturated carbocycles. The number of hydrazine groups is 1. The molecule has 26 heavy (non-hydrogen) atoms. The summed E-state index contributed by atoms with van der Waals surface area (Å²) in [5, 5.41) is 1.89. The molecule has 1 spiro atoms. The van der Waals surface area contributed by atoms with Gasteiger partial charge < -0.3 is 9.91 Å². The van der Waals surface area contributed by atoms with E-state index in [1.807, 2.05) is 41.4 Å². The van der Waals surface area contributed by atoms with Gasteiger partial charge in [0.15, 0.2) is 5.78 Å². The van der Waals surface area contributed by atoms with Crippen molar-refractivity contribution in [1.29, 1.82) is 0 Å². The SMILES string of the molecule is CN1CCC2(CC1)Cc1ccccc1/C(=C/C(=O)c1ccccc1)N2N. The molecule has 4 heteroatoms. The number of nitrogens with zero attached hydrogens (tertiary/aromatic N) is 2. The molecule has 134 valence electrons. The maximum atomic E-state index is 12.8. The number of nitrogens with two attached hydrogens (primary N) is 1. The zero-order valence-electron chi connectivity index (χ0n) is 15.2. The van der Waals surface area contributed by atoms with Gasteiger partial charge in [-0.2, -0.15) is 0 Å². The summed E-state index contributed by atoms with van der Waals surface area (Å²) < 4.78 is 0. The average Bonchev–Trinajstić information content (AvgIpc) is 2.68. The number of carbonyl (C=O) groups is 1. The second-order valence-electron chi connectivity index (χ2n) is 7.49. The van der Waals surface area contributed by atoms with Crippen molar-refractivity contribution >= 4 is 11.5 Å². The van der Waals surface area contributed by atoms with E-state index in [2.05, 4.69) is 30.1 Å². The summed E-state index contributed by atoms with van der Waals surface area (Å²) >= 11 is 0. The number of carbonyl (C=O) groups excluding carboxylic acids is 1. The number of piperidine rings is 1. The summed E-state index contributed by atoms with van der Waals surface area (Å²) in [5.41, 5.74) is 3.78. The van der Waals surface area contributed by atoms with Crippen molar-refractivity contribution < 1.29 is 4.79 Å². The number of allylic oxidation sites excluding steroid dienone is 1. The minimum absolute atomic E-state index is 0.00386. The molecule has 2 N–H and O–H groups in total. The van der Waals surface area contributed by atoms with Gasteiger partial charge in [-0.3, -0.25) is 4.79 Å². The van der Waals surface area contributed by atoms with Crippen molar-refractivity contribution in [3.63, 3.8) is 0 Å². The highest BCUT2D eigenvalue weighted by atomic mass is 16.1. The van der Waals surface area contributed by atoms with Crippen LogP contribution in [-0.2, 0) is 6.42 Å². The number of ketones is 1. The van der Waals surface area contributed by atoms with E-state index < -0.39 is 0 Å². The minimum atomic E-state index is -0.107. The zero-order chi connectivity index (χ0) is 18.1. The van der Waals surface area contributed by atoms with Crippen LogP contribution in [0.25, 0.3) is 5.70 Å². The molecule has 0 aromatic heterocycles. The minimum Gasteiger partial charge on any atom is -0.306 e. The smallest absolute Gasteiger partial charge is 0.187 e. The van der Waals surface area contributed by atoms with Crippen LogP contribution in [0.2, 0.25) is 0 Å². The number of benzene rings is 2. The topological polar surface area (TPSA) is 49.6 Å². The Hall–Kier alpha value is -2.43. The molecule has 2 aromatic rings. The first kappa shape index (κ1) is 17.0. The van der Waals surface area contributed by atoms with E-state index in [9.17, 15) is 4.79 Å². The first-order chi connectivity index (χ1) is 12.6. The maximum Gasteiger partial charge on any atom is 0.187 e. The van der Waals surface area contributed by atoms with Crippen LogP contribution in [0.4, 0.5) is 0 Å². The van der Waals surface area contributed by atoms with Crippen LogP contribution in [0.3, 0.4) is 0 Å². The quantitative estimate of drug-likeness (QED) is 0.515. The second kappa shape index (κ2) is 6.71. The average molecular weight is 347 g/mol. The van der Waals surface area contributed by atoms with Crippen LogP contribution in [0.5, 0.6) is 0 Å². The summed E-state index contributed by atoms with van der Waals surface area (Å²) in [6.07, 6.45) is 4.66. The van der Waals surface area contributed by atoms with E-state index in [0.717, 1.165) is 43.6 Å². The highest BCUT2D eigenvalue weighted by molar-refractivity contribution is 6.08. The van der Waals surface area contributed by atoms with E-state index in [-0.39, 0.29) is 11.3 Å². The number of hydrogen-bond acceptors (Lipinski definition) is 4. The van der Waals surface area contributed by atoms with Gasteiger partial charge in [0, 0.05) is 30.3 Å². The molecule has 0 radical (unpaired) electrons. The van der Waals surface area contributed by atoms with Crippen LogP contribution in [0.1, 0.15) is 34.3 Å². The van der Waals surface area contributed by atoms with E-state index >= 15 is 0 Å². The Kier molecular flexibility index (Phi) is 4.39. The van der Waals surface area contributed by atoms with Crippen molar-refractivity contribution in [3.05, 3.63) is 77.4 Å². The van der Waals surface area contributed by atoms with Gasteiger partial charge in [-0.05, 0) is 31.9 Å². The van der Waals surface area contributed by atoms with Gasteiger partial charge >= 0.3 is 0 Å². The molecule has 0 bridgehead atoms. The third kappa shape index (κ3) is 2.96. The predicted octanol–water partition coefficient (Wildman–Crippen LogP) is 3.11. The number of likely N-dealkylation sites (tertiary alicyclic amines) is 1. The Balaban J connectivity index is 1.77. The zero-order valence-corrected chi connectivity index (χ0v) is 15.2. The van der Waals surface area contributed by atoms with Gasteiger partial charge in [0.1, 0.15) is 0 Å². The Morgan fingerprint density at radius 1 is 1.04 bits per heavy atom. The molecule has 0 atom stereocenters. The van der Waals surface area contributed by atoms with Crippen molar-refractivity contribution in [2.45, 2.75) is 24.8 Å². The molecule has 4 rings (SSSR count). The summed E-state index contributed by atoms with van der Waals surface area (Å²) in [4.78, 5) is 15.2. The number of rotatable bonds is 2. The summed E-state index contributed by atoms with van der Waals surface area (Å²) in [7, 11) is 2.15. The highest BCUT2D eigenvalue weighted by Gasteiger charge is 2.43. The number of hydrogen-bond donors (Lipinski definition) is 1. The van der Waals surface area contributed by atoms with E-state index in [4.69, 9.17) is 5.84 Å². The molecule has 1 saturated heterocycles. The summed E-state index contributed by atoms with van der Waals surface area (Å²) in [6, 6.07) is 17.7. The molecule has 0 aliphatic carbocycles. The fraction of sp³-hybridized carbons (Fsp3) is 0.318. The third-order valence-electron chi connectivity index (χ3n) is 5.83. The molecule has 2 aliphatic rings. The van der Waals surface area contributed by atoms with Gasteiger partial charge in [0.2, 0.25) is 0 Å². The Bertz CT molecular complexity index is 835. The van der Waals surface area contributed by atoms with Crippen LogP contribution >= 0.6 is 0 Å². The summed E-state index contributed by atoms with van der Waals surface area (Å²) in [6.45, 7) is 2.05. The van der Waals surface area contributed by atoms with Gasteiger partial charge in [0.25, 0.3) is 0 Å². The van der Waals surface area contributed by atoms with Gasteiger partial charge in [-0.1, -0.05) is 54.6 Å². The maximum absolute atomic E-state index is 12.8. The normalized spacial score (nSPS) is 21.0. The molecule has 0 unspecified atom stereocenters. The van der Waals surface area contributed by atoms with Crippen LogP contribution in [0, 0.1) is 0 Å². The van der Waals surface area contributed by atoms with Crippen molar-refractivity contribution in [2.24, 2.45) is 5.84 Å². The molecular weight excluding hydrogens is 322 g/mol. The fourth-order valence-electron chi connectivity index (χ4n) is 4.16. The molecule has 2 aliphatic heterocycles. The molecule has 1 fully saturated rings. The molecule has 2 heterocycles. The number of fused-ring (bicyclic) bond motifs is 1. The lowest BCUT2D eigenvalue weighted by Gasteiger charge is -2.51. The van der Waals surface area contributed by atoms with Gasteiger partial charge in [0.05, 0.1) is 11.2 Å². The van der Waals surface area contributed by atoms with E-state index in [1.165, 1.54) is 5.56 Å². The van der Waals surface area contributed by atoms with E-state index in [1.54, 1.807) is 6.08 Å². The standard InChI is InChI=1S/C22H25N3O/c1-24-13-11-22(12-14-24)16-18-9-5-6-10-19(18)20(25(22)23)15-21(26)17-7-3-2-4-8-17/h2-10,15H,11-14,16,23H2,1H3/b20-15-. The van der Waals surface area contributed by atoms with Crippen LogP contribution < -0.4 is 5.84 Å². The highest BCUT2D eigenvalue weighted by Crippen LogP contribution is 2.41.